The Hall–Kier alpha value is -0.470. The second kappa shape index (κ2) is 9.44. The molecule has 1 aromatic rings. The van der Waals surface area contributed by atoms with E-state index in [4.69, 9.17) is 0 Å². The van der Waals surface area contributed by atoms with E-state index in [0.29, 0.717) is 11.3 Å². The highest BCUT2D eigenvalue weighted by Crippen LogP contribution is 2.28. The van der Waals surface area contributed by atoms with Crippen molar-refractivity contribution in [1.29, 1.82) is 0 Å². The molecule has 1 aromatic carbocycles. The SMILES string of the molecule is CCCNC(c1ccccc1)C(C)SCC(C)CC. The molecule has 0 radical (unpaired) electrons. The second-order valence-corrected chi connectivity index (χ2v) is 6.80. The molecule has 0 aliphatic rings. The Morgan fingerprint density at radius 3 is 2.37 bits per heavy atom. The van der Waals surface area contributed by atoms with Crippen molar-refractivity contribution in [3.8, 4) is 0 Å². The standard InChI is InChI=1S/C17H29NS/c1-5-12-18-17(16-10-8-7-9-11-16)15(4)19-13-14(3)6-2/h7-11,14-15,17-18H,5-6,12-13H2,1-4H3. The van der Waals surface area contributed by atoms with Crippen LogP contribution in [0.4, 0.5) is 0 Å². The smallest absolute Gasteiger partial charge is 0.0437 e. The Balaban J connectivity index is 2.62. The van der Waals surface area contributed by atoms with E-state index in [9.17, 15) is 0 Å². The molecule has 0 saturated heterocycles. The van der Waals surface area contributed by atoms with E-state index in [1.54, 1.807) is 0 Å². The number of thioether (sulfide) groups is 1. The highest BCUT2D eigenvalue weighted by molar-refractivity contribution is 7.99. The number of benzene rings is 1. The van der Waals surface area contributed by atoms with Crippen molar-refractivity contribution >= 4 is 11.8 Å². The van der Waals surface area contributed by atoms with Gasteiger partial charge >= 0.3 is 0 Å². The van der Waals surface area contributed by atoms with Crippen LogP contribution < -0.4 is 5.32 Å². The van der Waals surface area contributed by atoms with Gasteiger partial charge in [0, 0.05) is 11.3 Å². The van der Waals surface area contributed by atoms with E-state index >= 15 is 0 Å². The molecule has 3 atom stereocenters. The average molecular weight is 279 g/mol. The Morgan fingerprint density at radius 1 is 1.11 bits per heavy atom. The van der Waals surface area contributed by atoms with Gasteiger partial charge in [0.05, 0.1) is 0 Å². The van der Waals surface area contributed by atoms with Gasteiger partial charge in [-0.15, -0.1) is 0 Å². The molecule has 0 heterocycles. The summed E-state index contributed by atoms with van der Waals surface area (Å²) < 4.78 is 0. The molecule has 2 heteroatoms. The van der Waals surface area contributed by atoms with Gasteiger partial charge in [-0.3, -0.25) is 0 Å². The van der Waals surface area contributed by atoms with E-state index in [-0.39, 0.29) is 0 Å². The van der Waals surface area contributed by atoms with Crippen LogP contribution in [0.1, 0.15) is 52.1 Å². The maximum atomic E-state index is 3.71. The summed E-state index contributed by atoms with van der Waals surface area (Å²) >= 11 is 2.10. The molecule has 0 bridgehead atoms. The van der Waals surface area contributed by atoms with Crippen molar-refractivity contribution < 1.29 is 0 Å². The van der Waals surface area contributed by atoms with Crippen LogP contribution >= 0.6 is 11.8 Å². The van der Waals surface area contributed by atoms with Crippen molar-refractivity contribution in [2.24, 2.45) is 5.92 Å². The number of nitrogens with one attached hydrogen (secondary N) is 1. The first kappa shape index (κ1) is 16.6. The quantitative estimate of drug-likeness (QED) is 0.690. The van der Waals surface area contributed by atoms with Crippen molar-refractivity contribution in [1.82, 2.24) is 5.32 Å². The third kappa shape index (κ3) is 6.01. The highest BCUT2D eigenvalue weighted by Gasteiger charge is 2.19. The lowest BCUT2D eigenvalue weighted by Gasteiger charge is -2.26. The van der Waals surface area contributed by atoms with Crippen molar-refractivity contribution in [2.75, 3.05) is 12.3 Å². The van der Waals surface area contributed by atoms with Gasteiger partial charge in [0.25, 0.3) is 0 Å². The molecule has 108 valence electrons. The van der Waals surface area contributed by atoms with Crippen LogP contribution in [0, 0.1) is 5.92 Å². The van der Waals surface area contributed by atoms with E-state index < -0.39 is 0 Å². The topological polar surface area (TPSA) is 12.0 Å². The molecular formula is C17H29NS. The normalized spacial score (nSPS) is 16.0. The predicted octanol–water partition coefficient (Wildman–Crippen LogP) is 4.90. The Labute approximate surface area is 123 Å². The van der Waals surface area contributed by atoms with Crippen LogP contribution in [-0.4, -0.2) is 17.5 Å². The summed E-state index contributed by atoms with van der Waals surface area (Å²) in [7, 11) is 0. The lowest BCUT2D eigenvalue weighted by Crippen LogP contribution is -2.29. The molecule has 0 amide bonds. The summed E-state index contributed by atoms with van der Waals surface area (Å²) in [6, 6.07) is 11.3. The largest absolute Gasteiger partial charge is 0.309 e. The van der Waals surface area contributed by atoms with E-state index in [1.165, 1.54) is 24.2 Å². The van der Waals surface area contributed by atoms with Crippen LogP contribution in [0.25, 0.3) is 0 Å². The maximum Gasteiger partial charge on any atom is 0.0437 e. The molecule has 1 rings (SSSR count). The zero-order valence-corrected chi connectivity index (χ0v) is 13.7. The van der Waals surface area contributed by atoms with Gasteiger partial charge in [-0.25, -0.2) is 0 Å². The van der Waals surface area contributed by atoms with Crippen molar-refractivity contribution in [3.05, 3.63) is 35.9 Å². The van der Waals surface area contributed by atoms with E-state index in [2.05, 4.69) is 75.1 Å². The second-order valence-electron chi connectivity index (χ2n) is 5.39. The average Bonchev–Trinajstić information content (AvgIpc) is 2.46. The minimum atomic E-state index is 0.468. The van der Waals surface area contributed by atoms with Gasteiger partial charge < -0.3 is 5.32 Å². The van der Waals surface area contributed by atoms with Gasteiger partial charge in [-0.1, -0.05) is 64.4 Å². The van der Waals surface area contributed by atoms with Crippen LogP contribution in [0.5, 0.6) is 0 Å². The zero-order valence-electron chi connectivity index (χ0n) is 12.9. The van der Waals surface area contributed by atoms with Crippen molar-refractivity contribution in [2.45, 2.75) is 51.8 Å². The molecule has 0 saturated carbocycles. The first-order valence-corrected chi connectivity index (χ1v) is 8.63. The number of rotatable bonds is 9. The highest BCUT2D eigenvalue weighted by atomic mass is 32.2. The molecule has 0 aliphatic heterocycles. The van der Waals surface area contributed by atoms with Crippen LogP contribution in [0.2, 0.25) is 0 Å². The molecule has 19 heavy (non-hydrogen) atoms. The van der Waals surface area contributed by atoms with Crippen LogP contribution in [0.3, 0.4) is 0 Å². The third-order valence-corrected chi connectivity index (χ3v) is 5.14. The maximum absolute atomic E-state index is 3.71. The lowest BCUT2D eigenvalue weighted by atomic mass is 10.0. The lowest BCUT2D eigenvalue weighted by molar-refractivity contribution is 0.526. The monoisotopic (exact) mass is 279 g/mol. The zero-order chi connectivity index (χ0) is 14.1. The van der Waals surface area contributed by atoms with Gasteiger partial charge in [0.2, 0.25) is 0 Å². The van der Waals surface area contributed by atoms with E-state index in [1.807, 2.05) is 0 Å². The Morgan fingerprint density at radius 2 is 1.79 bits per heavy atom. The number of hydrogen-bond donors (Lipinski definition) is 1. The summed E-state index contributed by atoms with van der Waals surface area (Å²) in [5, 5.41) is 4.32. The van der Waals surface area contributed by atoms with Crippen molar-refractivity contribution in [3.63, 3.8) is 0 Å². The van der Waals surface area contributed by atoms with Crippen LogP contribution in [0.15, 0.2) is 30.3 Å². The first-order valence-electron chi connectivity index (χ1n) is 7.58. The van der Waals surface area contributed by atoms with Gasteiger partial charge in [-0.05, 0) is 30.2 Å². The number of hydrogen-bond acceptors (Lipinski definition) is 2. The Bertz CT molecular complexity index is 325. The summed E-state index contributed by atoms with van der Waals surface area (Å²) in [5.41, 5.74) is 1.42. The van der Waals surface area contributed by atoms with Gasteiger partial charge in [-0.2, -0.15) is 11.8 Å². The van der Waals surface area contributed by atoms with E-state index in [0.717, 1.165) is 12.5 Å². The van der Waals surface area contributed by atoms with Gasteiger partial charge in [0.15, 0.2) is 0 Å². The fraction of sp³-hybridized carbons (Fsp3) is 0.647. The summed E-state index contributed by atoms with van der Waals surface area (Å²) in [5.74, 6) is 2.07. The summed E-state index contributed by atoms with van der Waals surface area (Å²) in [6.45, 7) is 10.3. The molecule has 0 aliphatic carbocycles. The minimum absolute atomic E-state index is 0.468. The first-order chi connectivity index (χ1) is 9.19. The van der Waals surface area contributed by atoms with Crippen LogP contribution in [-0.2, 0) is 0 Å². The summed E-state index contributed by atoms with van der Waals surface area (Å²) in [4.78, 5) is 0. The third-order valence-electron chi connectivity index (χ3n) is 3.58. The fourth-order valence-electron chi connectivity index (χ4n) is 2.05. The van der Waals surface area contributed by atoms with Gasteiger partial charge in [0.1, 0.15) is 0 Å². The minimum Gasteiger partial charge on any atom is -0.309 e. The molecule has 0 fully saturated rings. The molecule has 3 unspecified atom stereocenters. The molecule has 1 nitrogen and oxygen atoms in total. The molecule has 0 aromatic heterocycles. The predicted molar refractivity (Wildman–Crippen MR) is 88.9 cm³/mol. The Kier molecular flexibility index (Phi) is 8.24. The fourth-order valence-corrected chi connectivity index (χ4v) is 3.36. The molecular weight excluding hydrogens is 250 g/mol. The summed E-state index contributed by atoms with van der Waals surface area (Å²) in [6.07, 6.45) is 2.46. The molecule has 1 N–H and O–H groups in total. The molecule has 0 spiro atoms.